The van der Waals surface area contributed by atoms with Crippen molar-refractivity contribution < 1.29 is 8.42 Å². The SMILES string of the molecule is CC(C)NCc1cc(S(=O)(=O)NCc2ccc(Br)s2)c[nH]1. The lowest BCUT2D eigenvalue weighted by atomic mass is 10.3. The maximum absolute atomic E-state index is 12.2. The van der Waals surface area contributed by atoms with Crippen molar-refractivity contribution in [3.63, 3.8) is 0 Å². The van der Waals surface area contributed by atoms with E-state index in [4.69, 9.17) is 0 Å². The predicted octanol–water partition coefficient (Wildman–Crippen LogP) is 2.82. The molecule has 0 atom stereocenters. The van der Waals surface area contributed by atoms with Crippen LogP contribution < -0.4 is 10.0 Å². The summed E-state index contributed by atoms with van der Waals surface area (Å²) in [4.78, 5) is 4.21. The van der Waals surface area contributed by atoms with Gasteiger partial charge in [-0.05, 0) is 34.1 Å². The first-order chi connectivity index (χ1) is 9.87. The summed E-state index contributed by atoms with van der Waals surface area (Å²) in [6.45, 7) is 5.00. The van der Waals surface area contributed by atoms with E-state index in [0.29, 0.717) is 19.1 Å². The van der Waals surface area contributed by atoms with E-state index in [0.717, 1.165) is 14.4 Å². The van der Waals surface area contributed by atoms with Gasteiger partial charge in [0.15, 0.2) is 0 Å². The zero-order valence-corrected chi connectivity index (χ0v) is 15.0. The van der Waals surface area contributed by atoms with Crippen molar-refractivity contribution in [2.45, 2.75) is 37.9 Å². The Hall–Kier alpha value is -0.670. The molecule has 2 aromatic heterocycles. The van der Waals surface area contributed by atoms with E-state index < -0.39 is 10.0 Å². The van der Waals surface area contributed by atoms with Crippen LogP contribution in [0.25, 0.3) is 0 Å². The highest BCUT2D eigenvalue weighted by molar-refractivity contribution is 9.11. The van der Waals surface area contributed by atoms with Gasteiger partial charge in [-0.3, -0.25) is 0 Å². The monoisotopic (exact) mass is 391 g/mol. The fraction of sp³-hybridized carbons (Fsp3) is 0.385. The van der Waals surface area contributed by atoms with Gasteiger partial charge in [-0.2, -0.15) is 0 Å². The van der Waals surface area contributed by atoms with Crippen LogP contribution >= 0.6 is 27.3 Å². The van der Waals surface area contributed by atoms with Crippen molar-refractivity contribution in [1.29, 1.82) is 0 Å². The standard InChI is InChI=1S/C13H18BrN3O2S2/c1-9(2)15-6-10-5-12(8-16-10)21(18,19)17-7-11-3-4-13(14)20-11/h3-5,8-9,15-17H,6-7H2,1-2H3. The fourth-order valence-corrected chi connectivity index (χ4v) is 4.22. The van der Waals surface area contributed by atoms with Crippen molar-refractivity contribution >= 4 is 37.3 Å². The van der Waals surface area contributed by atoms with Crippen molar-refractivity contribution in [1.82, 2.24) is 15.0 Å². The number of rotatable bonds is 7. The third kappa shape index (κ3) is 4.93. The molecule has 0 saturated heterocycles. The van der Waals surface area contributed by atoms with Crippen LogP contribution in [0.5, 0.6) is 0 Å². The van der Waals surface area contributed by atoms with E-state index in [1.165, 1.54) is 17.5 Å². The molecule has 5 nitrogen and oxygen atoms in total. The minimum absolute atomic E-state index is 0.263. The second-order valence-electron chi connectivity index (χ2n) is 4.93. The summed E-state index contributed by atoms with van der Waals surface area (Å²) < 4.78 is 28.0. The molecule has 0 amide bonds. The molecule has 0 aliphatic carbocycles. The van der Waals surface area contributed by atoms with Crippen molar-refractivity contribution in [3.05, 3.63) is 38.8 Å². The summed E-state index contributed by atoms with van der Waals surface area (Å²) in [6.07, 6.45) is 1.52. The number of sulfonamides is 1. The molecule has 0 spiro atoms. The Kier molecular flexibility index (Phi) is 5.61. The summed E-state index contributed by atoms with van der Waals surface area (Å²) in [5.74, 6) is 0. The number of hydrogen-bond donors (Lipinski definition) is 3. The number of H-pyrrole nitrogens is 1. The molecule has 0 fully saturated rings. The van der Waals surface area contributed by atoms with Gasteiger partial charge in [-0.1, -0.05) is 13.8 Å². The molecule has 2 heterocycles. The van der Waals surface area contributed by atoms with E-state index in [9.17, 15) is 8.42 Å². The van der Waals surface area contributed by atoms with E-state index in [1.807, 2.05) is 26.0 Å². The lowest BCUT2D eigenvalue weighted by Gasteiger charge is -2.05. The minimum Gasteiger partial charge on any atom is -0.363 e. The molecule has 2 rings (SSSR count). The fourth-order valence-electron chi connectivity index (χ4n) is 1.69. The third-order valence-electron chi connectivity index (χ3n) is 2.79. The van der Waals surface area contributed by atoms with Crippen LogP contribution in [0.15, 0.2) is 33.1 Å². The Morgan fingerprint density at radius 3 is 2.71 bits per heavy atom. The summed E-state index contributed by atoms with van der Waals surface area (Å²) >= 11 is 4.87. The second-order valence-corrected chi connectivity index (χ2v) is 9.24. The molecule has 0 saturated carbocycles. The topological polar surface area (TPSA) is 74.0 Å². The first kappa shape index (κ1) is 16.7. The molecule has 0 aliphatic rings. The number of hydrogen-bond acceptors (Lipinski definition) is 4. The molecule has 0 aromatic carbocycles. The number of halogens is 1. The molecule has 0 aliphatic heterocycles. The van der Waals surface area contributed by atoms with Crippen LogP contribution in [0, 0.1) is 0 Å². The number of aromatic nitrogens is 1. The smallest absolute Gasteiger partial charge is 0.242 e. The van der Waals surface area contributed by atoms with Crippen LogP contribution in [0.1, 0.15) is 24.4 Å². The average molecular weight is 392 g/mol. The number of thiophene rings is 1. The van der Waals surface area contributed by atoms with E-state index in [1.54, 1.807) is 6.07 Å². The maximum Gasteiger partial charge on any atom is 0.242 e. The van der Waals surface area contributed by atoms with Gasteiger partial charge in [0.25, 0.3) is 0 Å². The highest BCUT2D eigenvalue weighted by atomic mass is 79.9. The first-order valence-corrected chi connectivity index (χ1v) is 9.60. The average Bonchev–Trinajstić information content (AvgIpc) is 3.03. The van der Waals surface area contributed by atoms with E-state index >= 15 is 0 Å². The molecule has 8 heteroatoms. The van der Waals surface area contributed by atoms with Gasteiger partial charge in [0.1, 0.15) is 0 Å². The Balaban J connectivity index is 1.99. The molecule has 116 valence electrons. The van der Waals surface area contributed by atoms with Crippen LogP contribution in [0.4, 0.5) is 0 Å². The van der Waals surface area contributed by atoms with Gasteiger partial charge in [-0.25, -0.2) is 13.1 Å². The largest absolute Gasteiger partial charge is 0.363 e. The first-order valence-electron chi connectivity index (χ1n) is 6.51. The number of aromatic amines is 1. The van der Waals surface area contributed by atoms with Crippen LogP contribution in [-0.4, -0.2) is 19.4 Å². The molecular formula is C13H18BrN3O2S2. The van der Waals surface area contributed by atoms with Gasteiger partial charge in [-0.15, -0.1) is 11.3 Å². The van der Waals surface area contributed by atoms with Gasteiger partial charge in [0.05, 0.1) is 8.68 Å². The minimum atomic E-state index is -3.48. The highest BCUT2D eigenvalue weighted by Crippen LogP contribution is 2.22. The highest BCUT2D eigenvalue weighted by Gasteiger charge is 2.16. The van der Waals surface area contributed by atoms with Crippen molar-refractivity contribution in [2.75, 3.05) is 0 Å². The van der Waals surface area contributed by atoms with Crippen LogP contribution in [-0.2, 0) is 23.1 Å². The summed E-state index contributed by atoms with van der Waals surface area (Å²) in [5.41, 5.74) is 0.850. The van der Waals surface area contributed by atoms with Crippen LogP contribution in [0.2, 0.25) is 0 Å². The molecule has 0 bridgehead atoms. The zero-order chi connectivity index (χ0) is 15.5. The normalized spacial score (nSPS) is 12.2. The van der Waals surface area contributed by atoms with Gasteiger partial charge < -0.3 is 10.3 Å². The van der Waals surface area contributed by atoms with Crippen molar-refractivity contribution in [3.8, 4) is 0 Å². The Morgan fingerprint density at radius 2 is 2.10 bits per heavy atom. The Labute approximate surface area is 137 Å². The van der Waals surface area contributed by atoms with Gasteiger partial charge in [0.2, 0.25) is 10.0 Å². The summed E-state index contributed by atoms with van der Waals surface area (Å²) in [6, 6.07) is 5.80. The van der Waals surface area contributed by atoms with Gasteiger partial charge >= 0.3 is 0 Å². The quantitative estimate of drug-likeness (QED) is 0.679. The molecule has 2 aromatic rings. The number of nitrogens with one attached hydrogen (secondary N) is 3. The third-order valence-corrected chi connectivity index (χ3v) is 5.80. The lowest BCUT2D eigenvalue weighted by molar-refractivity contribution is 0.580. The van der Waals surface area contributed by atoms with E-state index in [-0.39, 0.29) is 4.90 Å². The molecule has 0 unspecified atom stereocenters. The molecular weight excluding hydrogens is 374 g/mol. The Bertz CT molecular complexity index is 692. The van der Waals surface area contributed by atoms with Crippen LogP contribution in [0.3, 0.4) is 0 Å². The second kappa shape index (κ2) is 7.06. The predicted molar refractivity (Wildman–Crippen MR) is 88.8 cm³/mol. The zero-order valence-electron chi connectivity index (χ0n) is 11.8. The van der Waals surface area contributed by atoms with Gasteiger partial charge in [0, 0.05) is 35.9 Å². The van der Waals surface area contributed by atoms with E-state index in [2.05, 4.69) is 31.0 Å². The summed E-state index contributed by atoms with van der Waals surface area (Å²) in [5, 5.41) is 3.24. The summed E-state index contributed by atoms with van der Waals surface area (Å²) in [7, 11) is -3.48. The molecule has 21 heavy (non-hydrogen) atoms. The molecule has 0 radical (unpaired) electrons. The maximum atomic E-state index is 12.2. The Morgan fingerprint density at radius 1 is 1.33 bits per heavy atom. The van der Waals surface area contributed by atoms with Crippen molar-refractivity contribution in [2.24, 2.45) is 0 Å². The molecule has 3 N–H and O–H groups in total. The lowest BCUT2D eigenvalue weighted by Crippen LogP contribution is -2.23.